The highest BCUT2D eigenvalue weighted by Crippen LogP contribution is 2.21. The molecule has 0 aliphatic rings. The van der Waals surface area contributed by atoms with Crippen molar-refractivity contribution in [2.75, 3.05) is 29.2 Å². The number of nitrogens with one attached hydrogen (secondary N) is 3. The summed E-state index contributed by atoms with van der Waals surface area (Å²) >= 11 is 1.83. The lowest BCUT2D eigenvalue weighted by atomic mass is 10.2. The van der Waals surface area contributed by atoms with Gasteiger partial charge in [-0.2, -0.15) is 26.8 Å². The highest BCUT2D eigenvalue weighted by molar-refractivity contribution is 7.98. The van der Waals surface area contributed by atoms with Crippen LogP contribution in [0.3, 0.4) is 0 Å². The Balaban J connectivity index is 2.31. The first-order valence-electron chi connectivity index (χ1n) is 6.48. The molecule has 0 spiro atoms. The number of thioether (sulfide) groups is 1. The van der Waals surface area contributed by atoms with Crippen LogP contribution in [-0.2, 0) is 0 Å². The van der Waals surface area contributed by atoms with Crippen LogP contribution in [0.15, 0.2) is 6.20 Å². The van der Waals surface area contributed by atoms with E-state index >= 15 is 0 Å². The van der Waals surface area contributed by atoms with E-state index in [0.29, 0.717) is 12.0 Å². The van der Waals surface area contributed by atoms with E-state index in [1.807, 2.05) is 18.7 Å². The monoisotopic (exact) mass is 280 g/mol. The molecule has 2 aromatic rings. The van der Waals surface area contributed by atoms with Gasteiger partial charge in [0.1, 0.15) is 5.82 Å². The topological polar surface area (TPSA) is 78.5 Å². The van der Waals surface area contributed by atoms with Crippen LogP contribution < -0.4 is 10.6 Å². The first-order chi connectivity index (χ1) is 9.28. The van der Waals surface area contributed by atoms with Crippen molar-refractivity contribution in [2.24, 2.45) is 0 Å². The van der Waals surface area contributed by atoms with Gasteiger partial charge < -0.3 is 10.6 Å². The molecule has 0 radical (unpaired) electrons. The summed E-state index contributed by atoms with van der Waals surface area (Å²) in [6.07, 6.45) is 4.93. The summed E-state index contributed by atoms with van der Waals surface area (Å²) in [4.78, 5) is 8.91. The standard InChI is InChI=1S/C12H20N6S/c1-4-8(7-19-3)15-10-9-6-14-18-11(9)17-12(16-10)13-5-2/h6,8H,4-5,7H2,1-3H3,(H3,13,14,15,16,17,18). The molecule has 6 nitrogen and oxygen atoms in total. The van der Waals surface area contributed by atoms with Crippen molar-refractivity contribution in [3.8, 4) is 0 Å². The highest BCUT2D eigenvalue weighted by Gasteiger charge is 2.12. The molecule has 0 aliphatic heterocycles. The van der Waals surface area contributed by atoms with Crippen molar-refractivity contribution in [1.29, 1.82) is 0 Å². The van der Waals surface area contributed by atoms with Crippen LogP contribution in [0.25, 0.3) is 11.0 Å². The Morgan fingerprint density at radius 1 is 1.37 bits per heavy atom. The van der Waals surface area contributed by atoms with Gasteiger partial charge in [-0.25, -0.2) is 0 Å². The summed E-state index contributed by atoms with van der Waals surface area (Å²) in [6, 6.07) is 0.400. The summed E-state index contributed by atoms with van der Waals surface area (Å²) in [5.74, 6) is 2.52. The molecule has 0 bridgehead atoms. The maximum Gasteiger partial charge on any atom is 0.226 e. The Morgan fingerprint density at radius 2 is 2.21 bits per heavy atom. The van der Waals surface area contributed by atoms with Gasteiger partial charge in [0, 0.05) is 18.3 Å². The van der Waals surface area contributed by atoms with Gasteiger partial charge in [-0.1, -0.05) is 6.92 Å². The van der Waals surface area contributed by atoms with Gasteiger partial charge >= 0.3 is 0 Å². The van der Waals surface area contributed by atoms with Gasteiger partial charge in [-0.15, -0.1) is 0 Å². The van der Waals surface area contributed by atoms with E-state index in [1.165, 1.54) is 0 Å². The number of aromatic nitrogens is 4. The van der Waals surface area contributed by atoms with Crippen molar-refractivity contribution in [1.82, 2.24) is 20.2 Å². The van der Waals surface area contributed by atoms with Crippen LogP contribution in [0.5, 0.6) is 0 Å². The molecular formula is C12H20N6S. The number of anilines is 2. The molecule has 104 valence electrons. The van der Waals surface area contributed by atoms with E-state index in [9.17, 15) is 0 Å². The average molecular weight is 280 g/mol. The molecule has 0 fully saturated rings. The number of fused-ring (bicyclic) bond motifs is 1. The second-order valence-electron chi connectivity index (χ2n) is 4.26. The molecule has 2 rings (SSSR count). The van der Waals surface area contributed by atoms with Crippen molar-refractivity contribution < 1.29 is 0 Å². The Bertz CT molecular complexity index is 526. The maximum atomic E-state index is 4.53. The van der Waals surface area contributed by atoms with Crippen LogP contribution in [0, 0.1) is 0 Å². The van der Waals surface area contributed by atoms with Crippen molar-refractivity contribution >= 4 is 34.6 Å². The molecule has 7 heteroatoms. The number of H-pyrrole nitrogens is 1. The first kappa shape index (κ1) is 13.9. The van der Waals surface area contributed by atoms with Gasteiger partial charge in [-0.3, -0.25) is 5.10 Å². The molecule has 3 N–H and O–H groups in total. The van der Waals surface area contributed by atoms with E-state index in [1.54, 1.807) is 6.20 Å². The summed E-state index contributed by atoms with van der Waals surface area (Å²) in [5, 5.41) is 14.5. The third-order valence-electron chi connectivity index (χ3n) is 2.85. The molecule has 0 saturated carbocycles. The van der Waals surface area contributed by atoms with Gasteiger partial charge in [0.15, 0.2) is 5.65 Å². The van der Waals surface area contributed by atoms with Crippen LogP contribution in [-0.4, -0.2) is 44.8 Å². The summed E-state index contributed by atoms with van der Waals surface area (Å²) in [6.45, 7) is 4.99. The largest absolute Gasteiger partial charge is 0.366 e. The molecule has 0 aliphatic carbocycles. The fourth-order valence-electron chi connectivity index (χ4n) is 1.84. The summed E-state index contributed by atoms with van der Waals surface area (Å²) in [5.41, 5.74) is 0.757. The molecular weight excluding hydrogens is 260 g/mol. The lowest BCUT2D eigenvalue weighted by Crippen LogP contribution is -2.22. The Kier molecular flexibility index (Phi) is 4.84. The van der Waals surface area contributed by atoms with E-state index in [0.717, 1.165) is 35.6 Å². The smallest absolute Gasteiger partial charge is 0.226 e. The van der Waals surface area contributed by atoms with Crippen molar-refractivity contribution in [3.05, 3.63) is 6.20 Å². The minimum absolute atomic E-state index is 0.400. The average Bonchev–Trinajstić information content (AvgIpc) is 2.87. The molecule has 0 saturated heterocycles. The lowest BCUT2D eigenvalue weighted by Gasteiger charge is -2.17. The van der Waals surface area contributed by atoms with E-state index in [-0.39, 0.29) is 0 Å². The van der Waals surface area contributed by atoms with Crippen LogP contribution in [0.2, 0.25) is 0 Å². The third-order valence-corrected chi connectivity index (χ3v) is 3.58. The van der Waals surface area contributed by atoms with E-state index < -0.39 is 0 Å². The normalized spacial score (nSPS) is 12.6. The van der Waals surface area contributed by atoms with Gasteiger partial charge in [-0.05, 0) is 19.6 Å². The molecule has 0 amide bonds. The fraction of sp³-hybridized carbons (Fsp3) is 0.583. The quantitative estimate of drug-likeness (QED) is 0.722. The van der Waals surface area contributed by atoms with Gasteiger partial charge in [0.2, 0.25) is 5.95 Å². The zero-order valence-electron chi connectivity index (χ0n) is 11.5. The first-order valence-corrected chi connectivity index (χ1v) is 7.88. The summed E-state index contributed by atoms with van der Waals surface area (Å²) < 4.78 is 0. The van der Waals surface area contributed by atoms with Crippen molar-refractivity contribution in [3.63, 3.8) is 0 Å². The second-order valence-corrected chi connectivity index (χ2v) is 5.17. The van der Waals surface area contributed by atoms with Gasteiger partial charge in [0.05, 0.1) is 11.6 Å². The minimum Gasteiger partial charge on any atom is -0.366 e. The summed E-state index contributed by atoms with van der Waals surface area (Å²) in [7, 11) is 0. The zero-order chi connectivity index (χ0) is 13.7. The molecule has 2 aromatic heterocycles. The van der Waals surface area contributed by atoms with E-state index in [2.05, 4.69) is 44.0 Å². The molecule has 2 heterocycles. The minimum atomic E-state index is 0.400. The number of aromatic amines is 1. The number of nitrogens with zero attached hydrogens (tertiary/aromatic N) is 3. The second kappa shape index (κ2) is 6.60. The SMILES string of the molecule is CCNc1nc(NC(CC)CSC)c2cn[nH]c2n1. The van der Waals surface area contributed by atoms with Crippen molar-refractivity contribution in [2.45, 2.75) is 26.3 Å². The highest BCUT2D eigenvalue weighted by atomic mass is 32.2. The molecule has 1 unspecified atom stereocenters. The van der Waals surface area contributed by atoms with Crippen LogP contribution in [0.4, 0.5) is 11.8 Å². The maximum absolute atomic E-state index is 4.53. The molecule has 19 heavy (non-hydrogen) atoms. The molecule has 1 atom stereocenters. The van der Waals surface area contributed by atoms with E-state index in [4.69, 9.17) is 0 Å². The Labute approximate surface area is 117 Å². The number of hydrogen-bond donors (Lipinski definition) is 3. The number of hydrogen-bond acceptors (Lipinski definition) is 6. The lowest BCUT2D eigenvalue weighted by molar-refractivity contribution is 0.771. The zero-order valence-corrected chi connectivity index (χ0v) is 12.3. The fourth-order valence-corrected chi connectivity index (χ4v) is 2.56. The van der Waals surface area contributed by atoms with Crippen LogP contribution in [0.1, 0.15) is 20.3 Å². The van der Waals surface area contributed by atoms with Gasteiger partial charge in [0.25, 0.3) is 0 Å². The predicted octanol–water partition coefficient (Wildman–Crippen LogP) is 2.34. The Morgan fingerprint density at radius 3 is 2.89 bits per heavy atom. The third kappa shape index (κ3) is 3.28. The molecule has 0 aromatic carbocycles. The predicted molar refractivity (Wildman–Crippen MR) is 81.9 cm³/mol. The van der Waals surface area contributed by atoms with Crippen LogP contribution >= 0.6 is 11.8 Å². The Hall–Kier alpha value is -1.50. The number of rotatable bonds is 7.